The molecule has 21 heavy (non-hydrogen) atoms. The minimum Gasteiger partial charge on any atom is -0.486 e. The second kappa shape index (κ2) is 5.89. The molecule has 1 aliphatic heterocycles. The highest BCUT2D eigenvalue weighted by molar-refractivity contribution is 7.22. The first-order chi connectivity index (χ1) is 10.2. The van der Waals surface area contributed by atoms with Crippen LogP contribution >= 0.6 is 11.3 Å². The van der Waals surface area contributed by atoms with Crippen LogP contribution in [0.1, 0.15) is 26.7 Å². The van der Waals surface area contributed by atoms with Gasteiger partial charge in [-0.05, 0) is 6.42 Å². The highest BCUT2D eigenvalue weighted by Gasteiger charge is 2.17. The number of amides is 1. The Labute approximate surface area is 127 Å². The summed E-state index contributed by atoms with van der Waals surface area (Å²) in [5, 5.41) is 3.52. The molecule has 1 aromatic carbocycles. The maximum atomic E-state index is 12.0. The summed E-state index contributed by atoms with van der Waals surface area (Å²) in [6, 6.07) is 3.79. The molecule has 0 bridgehead atoms. The van der Waals surface area contributed by atoms with Crippen molar-refractivity contribution >= 4 is 32.6 Å². The van der Waals surface area contributed by atoms with E-state index >= 15 is 0 Å². The number of anilines is 1. The largest absolute Gasteiger partial charge is 0.486 e. The van der Waals surface area contributed by atoms with E-state index in [4.69, 9.17) is 9.47 Å². The summed E-state index contributed by atoms with van der Waals surface area (Å²) in [6.45, 7) is 5.13. The van der Waals surface area contributed by atoms with E-state index < -0.39 is 0 Å². The van der Waals surface area contributed by atoms with Crippen LogP contribution in [0.2, 0.25) is 0 Å². The standard InChI is InChI=1S/C15H18N2O3S/c1-3-4-9(2)14(18)17-15-16-10-7-11-12(8-13(10)21-15)20-6-5-19-11/h7-9H,3-6H2,1-2H3,(H,16,17,18). The molecule has 0 saturated heterocycles. The van der Waals surface area contributed by atoms with Crippen molar-refractivity contribution in [3.05, 3.63) is 12.1 Å². The Hall–Kier alpha value is -1.82. The molecule has 112 valence electrons. The van der Waals surface area contributed by atoms with Crippen molar-refractivity contribution in [3.63, 3.8) is 0 Å². The third-order valence-electron chi connectivity index (χ3n) is 3.45. The number of rotatable bonds is 4. The van der Waals surface area contributed by atoms with Crippen molar-refractivity contribution in [1.29, 1.82) is 0 Å². The van der Waals surface area contributed by atoms with Gasteiger partial charge in [0.25, 0.3) is 0 Å². The lowest BCUT2D eigenvalue weighted by Crippen LogP contribution is -2.19. The first-order valence-electron chi connectivity index (χ1n) is 7.18. The van der Waals surface area contributed by atoms with Gasteiger partial charge in [0, 0.05) is 18.1 Å². The minimum atomic E-state index is 0.00174. The number of nitrogens with one attached hydrogen (secondary N) is 1. The fourth-order valence-corrected chi connectivity index (χ4v) is 3.19. The van der Waals surface area contributed by atoms with E-state index in [0.717, 1.165) is 34.6 Å². The lowest BCUT2D eigenvalue weighted by Gasteiger charge is -2.17. The van der Waals surface area contributed by atoms with Gasteiger partial charge in [-0.25, -0.2) is 4.98 Å². The molecule has 6 heteroatoms. The number of ether oxygens (including phenoxy) is 2. The van der Waals surface area contributed by atoms with Gasteiger partial charge >= 0.3 is 0 Å². The Morgan fingerprint density at radius 2 is 2.10 bits per heavy atom. The molecular formula is C15H18N2O3S. The number of nitrogens with zero attached hydrogens (tertiary/aromatic N) is 1. The van der Waals surface area contributed by atoms with E-state index in [1.54, 1.807) is 0 Å². The van der Waals surface area contributed by atoms with E-state index in [9.17, 15) is 4.79 Å². The molecule has 1 aromatic heterocycles. The third kappa shape index (κ3) is 2.95. The van der Waals surface area contributed by atoms with Crippen molar-refractivity contribution in [2.45, 2.75) is 26.7 Å². The summed E-state index contributed by atoms with van der Waals surface area (Å²) in [4.78, 5) is 16.5. The van der Waals surface area contributed by atoms with Gasteiger partial charge in [-0.1, -0.05) is 31.6 Å². The highest BCUT2D eigenvalue weighted by atomic mass is 32.1. The van der Waals surface area contributed by atoms with Crippen LogP contribution in [0.25, 0.3) is 10.2 Å². The third-order valence-corrected chi connectivity index (χ3v) is 4.39. The molecule has 1 unspecified atom stereocenters. The highest BCUT2D eigenvalue weighted by Crippen LogP contribution is 2.37. The zero-order valence-electron chi connectivity index (χ0n) is 12.1. The molecular weight excluding hydrogens is 288 g/mol. The van der Waals surface area contributed by atoms with Crippen LogP contribution in [0.4, 0.5) is 5.13 Å². The number of hydrogen-bond acceptors (Lipinski definition) is 5. The van der Waals surface area contributed by atoms with Gasteiger partial charge in [0.15, 0.2) is 16.6 Å². The lowest BCUT2D eigenvalue weighted by molar-refractivity contribution is -0.119. The van der Waals surface area contributed by atoms with Crippen molar-refractivity contribution in [2.75, 3.05) is 18.5 Å². The molecule has 5 nitrogen and oxygen atoms in total. The lowest BCUT2D eigenvalue weighted by atomic mass is 10.1. The number of fused-ring (bicyclic) bond motifs is 2. The van der Waals surface area contributed by atoms with Gasteiger partial charge in [-0.15, -0.1) is 0 Å². The van der Waals surface area contributed by atoms with Crippen LogP contribution in [0.15, 0.2) is 12.1 Å². The fourth-order valence-electron chi connectivity index (χ4n) is 2.31. The maximum Gasteiger partial charge on any atom is 0.228 e. The summed E-state index contributed by atoms with van der Waals surface area (Å²) in [6.07, 6.45) is 1.88. The van der Waals surface area contributed by atoms with Crippen molar-refractivity contribution in [3.8, 4) is 11.5 Å². The zero-order chi connectivity index (χ0) is 14.8. The average Bonchev–Trinajstić information content (AvgIpc) is 2.85. The Morgan fingerprint density at radius 1 is 1.38 bits per heavy atom. The van der Waals surface area contributed by atoms with Crippen molar-refractivity contribution < 1.29 is 14.3 Å². The molecule has 2 aromatic rings. The SMILES string of the molecule is CCCC(C)C(=O)Nc1nc2cc3c(cc2s1)OCCO3. The second-order valence-electron chi connectivity index (χ2n) is 5.16. The van der Waals surface area contributed by atoms with Crippen LogP contribution in [0.5, 0.6) is 11.5 Å². The fraction of sp³-hybridized carbons (Fsp3) is 0.467. The first-order valence-corrected chi connectivity index (χ1v) is 8.00. The molecule has 0 spiro atoms. The summed E-state index contributed by atoms with van der Waals surface area (Å²) < 4.78 is 12.1. The summed E-state index contributed by atoms with van der Waals surface area (Å²) in [5.41, 5.74) is 0.822. The molecule has 1 aliphatic rings. The second-order valence-corrected chi connectivity index (χ2v) is 6.19. The van der Waals surface area contributed by atoms with Gasteiger partial charge in [0.2, 0.25) is 5.91 Å². The molecule has 0 radical (unpaired) electrons. The van der Waals surface area contributed by atoms with Gasteiger partial charge < -0.3 is 14.8 Å². The van der Waals surface area contributed by atoms with Crippen molar-refractivity contribution in [1.82, 2.24) is 4.98 Å². The van der Waals surface area contributed by atoms with Gasteiger partial charge in [-0.3, -0.25) is 4.79 Å². The van der Waals surface area contributed by atoms with E-state index in [0.29, 0.717) is 18.3 Å². The van der Waals surface area contributed by atoms with Crippen LogP contribution in [-0.2, 0) is 4.79 Å². The van der Waals surface area contributed by atoms with Gasteiger partial charge in [0.1, 0.15) is 13.2 Å². The Kier molecular flexibility index (Phi) is 3.96. The summed E-state index contributed by atoms with van der Waals surface area (Å²) in [5.74, 6) is 1.49. The van der Waals surface area contributed by atoms with Crippen molar-refractivity contribution in [2.24, 2.45) is 5.92 Å². The van der Waals surface area contributed by atoms with E-state index in [2.05, 4.69) is 17.2 Å². The Bertz CT molecular complexity index is 625. The Balaban J connectivity index is 1.82. The molecule has 0 fully saturated rings. The predicted octanol–water partition coefficient (Wildman–Crippen LogP) is 3.44. The van der Waals surface area contributed by atoms with Gasteiger partial charge in [-0.2, -0.15) is 0 Å². The number of hydrogen-bond donors (Lipinski definition) is 1. The zero-order valence-corrected chi connectivity index (χ0v) is 13.0. The Morgan fingerprint density at radius 3 is 2.81 bits per heavy atom. The quantitative estimate of drug-likeness (QED) is 0.940. The number of carbonyl (C=O) groups is 1. The number of thiazole rings is 1. The summed E-state index contributed by atoms with van der Waals surface area (Å²) >= 11 is 1.46. The molecule has 2 heterocycles. The van der Waals surface area contributed by atoms with E-state index in [1.165, 1.54) is 11.3 Å². The average molecular weight is 306 g/mol. The summed E-state index contributed by atoms with van der Waals surface area (Å²) in [7, 11) is 0. The first kappa shape index (κ1) is 14.1. The minimum absolute atomic E-state index is 0.00174. The molecule has 0 saturated carbocycles. The van der Waals surface area contributed by atoms with Crippen LogP contribution in [0.3, 0.4) is 0 Å². The maximum absolute atomic E-state index is 12.0. The number of aromatic nitrogens is 1. The molecule has 3 rings (SSSR count). The van der Waals surface area contributed by atoms with Crippen LogP contribution in [-0.4, -0.2) is 24.1 Å². The van der Waals surface area contributed by atoms with Crippen LogP contribution in [0, 0.1) is 5.92 Å². The molecule has 1 N–H and O–H groups in total. The molecule has 1 amide bonds. The number of benzene rings is 1. The topological polar surface area (TPSA) is 60.5 Å². The molecule has 1 atom stereocenters. The smallest absolute Gasteiger partial charge is 0.228 e. The predicted molar refractivity (Wildman–Crippen MR) is 83.3 cm³/mol. The monoisotopic (exact) mass is 306 g/mol. The van der Waals surface area contributed by atoms with E-state index in [-0.39, 0.29) is 11.8 Å². The van der Waals surface area contributed by atoms with Gasteiger partial charge in [0.05, 0.1) is 10.2 Å². The number of carbonyl (C=O) groups excluding carboxylic acids is 1. The molecule has 0 aliphatic carbocycles. The van der Waals surface area contributed by atoms with Crippen LogP contribution < -0.4 is 14.8 Å². The van der Waals surface area contributed by atoms with E-state index in [1.807, 2.05) is 19.1 Å². The normalized spacial score (nSPS) is 15.0.